The van der Waals surface area contributed by atoms with Crippen molar-refractivity contribution in [3.05, 3.63) is 17.9 Å². The number of furan rings is 1. The molecule has 5 nitrogen and oxygen atoms in total. The zero-order chi connectivity index (χ0) is 15.3. The third-order valence-corrected chi connectivity index (χ3v) is 5.16. The predicted molar refractivity (Wildman–Crippen MR) is 82.4 cm³/mol. The highest BCUT2D eigenvalue weighted by Gasteiger charge is 2.21. The molecule has 0 saturated heterocycles. The van der Waals surface area contributed by atoms with E-state index in [1.807, 2.05) is 0 Å². The van der Waals surface area contributed by atoms with E-state index in [0.29, 0.717) is 30.7 Å². The summed E-state index contributed by atoms with van der Waals surface area (Å²) in [5.41, 5.74) is 0. The highest BCUT2D eigenvalue weighted by molar-refractivity contribution is 7.89. The maximum absolute atomic E-state index is 12.1. The molecule has 0 bridgehead atoms. The summed E-state index contributed by atoms with van der Waals surface area (Å²) in [6, 6.07) is 3.24. The highest BCUT2D eigenvalue weighted by atomic mass is 32.2. The Morgan fingerprint density at radius 2 is 2.10 bits per heavy atom. The van der Waals surface area contributed by atoms with Gasteiger partial charge in [-0.1, -0.05) is 33.1 Å². The van der Waals surface area contributed by atoms with Gasteiger partial charge in [-0.3, -0.25) is 0 Å². The quantitative estimate of drug-likeness (QED) is 0.734. The molecule has 1 aliphatic carbocycles. The zero-order valence-corrected chi connectivity index (χ0v) is 13.7. The van der Waals surface area contributed by atoms with Crippen molar-refractivity contribution in [2.24, 2.45) is 11.8 Å². The van der Waals surface area contributed by atoms with Gasteiger partial charge in [0.05, 0.1) is 6.54 Å². The molecule has 2 rings (SSSR count). The van der Waals surface area contributed by atoms with Crippen LogP contribution in [0.3, 0.4) is 0 Å². The molecule has 120 valence electrons. The molecule has 6 heteroatoms. The maximum Gasteiger partial charge on any atom is 0.273 e. The molecule has 1 aliphatic rings. The molecule has 0 radical (unpaired) electrons. The van der Waals surface area contributed by atoms with Crippen molar-refractivity contribution >= 4 is 10.0 Å². The summed E-state index contributed by atoms with van der Waals surface area (Å²) in [7, 11) is -3.51. The predicted octanol–water partition coefficient (Wildman–Crippen LogP) is 2.49. The Balaban J connectivity index is 1.80. The fourth-order valence-electron chi connectivity index (χ4n) is 2.33. The van der Waals surface area contributed by atoms with Crippen LogP contribution in [0.4, 0.5) is 0 Å². The lowest BCUT2D eigenvalue weighted by Crippen LogP contribution is -2.27. The average molecular weight is 314 g/mol. The van der Waals surface area contributed by atoms with E-state index in [4.69, 9.17) is 4.42 Å². The van der Waals surface area contributed by atoms with Crippen molar-refractivity contribution in [2.45, 2.75) is 51.2 Å². The van der Waals surface area contributed by atoms with E-state index in [1.54, 1.807) is 6.07 Å². The standard InChI is InChI=1S/C15H26N2O3S/c1-12(2)10-16-11-14-6-7-15(20-14)21(18,19)17-9-8-13-4-3-5-13/h6-7,12-13,16-17H,3-5,8-11H2,1-2H3. The molecule has 1 fully saturated rings. The van der Waals surface area contributed by atoms with E-state index in [9.17, 15) is 8.42 Å². The fourth-order valence-corrected chi connectivity index (χ4v) is 3.32. The third-order valence-electron chi connectivity index (χ3n) is 3.82. The normalized spacial score (nSPS) is 16.3. The number of nitrogens with one attached hydrogen (secondary N) is 2. The molecule has 0 aliphatic heterocycles. The molecule has 1 aromatic heterocycles. The smallest absolute Gasteiger partial charge is 0.273 e. The van der Waals surface area contributed by atoms with Gasteiger partial charge in [-0.05, 0) is 36.9 Å². The second-order valence-corrected chi connectivity index (χ2v) is 7.93. The van der Waals surface area contributed by atoms with Gasteiger partial charge in [0.1, 0.15) is 5.76 Å². The second kappa shape index (κ2) is 7.42. The zero-order valence-electron chi connectivity index (χ0n) is 12.9. The van der Waals surface area contributed by atoms with Gasteiger partial charge in [-0.2, -0.15) is 0 Å². The summed E-state index contributed by atoms with van der Waals surface area (Å²) in [4.78, 5) is 0. The number of rotatable bonds is 9. The van der Waals surface area contributed by atoms with E-state index >= 15 is 0 Å². The average Bonchev–Trinajstić information content (AvgIpc) is 2.81. The Bertz CT molecular complexity index is 533. The van der Waals surface area contributed by atoms with Crippen molar-refractivity contribution in [1.29, 1.82) is 0 Å². The van der Waals surface area contributed by atoms with Crippen molar-refractivity contribution < 1.29 is 12.8 Å². The van der Waals surface area contributed by atoms with Crippen LogP contribution >= 0.6 is 0 Å². The van der Waals surface area contributed by atoms with Crippen LogP contribution in [0.1, 0.15) is 45.3 Å². The Hall–Kier alpha value is -0.850. The van der Waals surface area contributed by atoms with E-state index in [1.165, 1.54) is 25.3 Å². The van der Waals surface area contributed by atoms with E-state index in [2.05, 4.69) is 23.9 Å². The van der Waals surface area contributed by atoms with Crippen molar-refractivity contribution in [1.82, 2.24) is 10.0 Å². The van der Waals surface area contributed by atoms with Gasteiger partial charge in [0.2, 0.25) is 5.09 Å². The van der Waals surface area contributed by atoms with Crippen molar-refractivity contribution in [2.75, 3.05) is 13.1 Å². The topological polar surface area (TPSA) is 71.3 Å². The summed E-state index contributed by atoms with van der Waals surface area (Å²) >= 11 is 0. The molecule has 0 aromatic carbocycles. The first-order chi connectivity index (χ1) is 9.97. The largest absolute Gasteiger partial charge is 0.447 e. The van der Waals surface area contributed by atoms with Crippen LogP contribution in [0.25, 0.3) is 0 Å². The molecular weight excluding hydrogens is 288 g/mol. The Morgan fingerprint density at radius 1 is 1.33 bits per heavy atom. The Labute approximate surface area is 127 Å². The number of hydrogen-bond acceptors (Lipinski definition) is 4. The van der Waals surface area contributed by atoms with Gasteiger partial charge in [-0.15, -0.1) is 0 Å². The summed E-state index contributed by atoms with van der Waals surface area (Å²) in [6.07, 6.45) is 4.66. The Morgan fingerprint density at radius 3 is 2.71 bits per heavy atom. The summed E-state index contributed by atoms with van der Waals surface area (Å²) < 4.78 is 32.2. The van der Waals surface area contributed by atoms with E-state index in [-0.39, 0.29) is 5.09 Å². The minimum absolute atomic E-state index is 0.0115. The summed E-state index contributed by atoms with van der Waals surface area (Å²) in [6.45, 7) is 6.17. The van der Waals surface area contributed by atoms with E-state index in [0.717, 1.165) is 13.0 Å². The lowest BCUT2D eigenvalue weighted by molar-refractivity contribution is 0.297. The van der Waals surface area contributed by atoms with Crippen LogP contribution in [0, 0.1) is 11.8 Å². The van der Waals surface area contributed by atoms with E-state index < -0.39 is 10.0 Å². The fraction of sp³-hybridized carbons (Fsp3) is 0.733. The summed E-state index contributed by atoms with van der Waals surface area (Å²) in [5.74, 6) is 1.89. The van der Waals surface area contributed by atoms with Gasteiger partial charge in [-0.25, -0.2) is 13.1 Å². The van der Waals surface area contributed by atoms with Gasteiger partial charge in [0.15, 0.2) is 0 Å². The van der Waals surface area contributed by atoms with Crippen molar-refractivity contribution in [3.8, 4) is 0 Å². The first kappa shape index (κ1) is 16.5. The molecule has 2 N–H and O–H groups in total. The molecule has 1 aromatic rings. The minimum atomic E-state index is -3.51. The molecule has 0 atom stereocenters. The SMILES string of the molecule is CC(C)CNCc1ccc(S(=O)(=O)NCCC2CCC2)o1. The highest BCUT2D eigenvalue weighted by Crippen LogP contribution is 2.28. The molecule has 21 heavy (non-hydrogen) atoms. The second-order valence-electron chi connectivity index (χ2n) is 6.23. The first-order valence-corrected chi connectivity index (χ1v) is 9.25. The maximum atomic E-state index is 12.1. The molecule has 1 saturated carbocycles. The van der Waals surface area contributed by atoms with Crippen LogP contribution in [-0.2, 0) is 16.6 Å². The van der Waals surface area contributed by atoms with Crippen LogP contribution in [0.5, 0.6) is 0 Å². The lowest BCUT2D eigenvalue weighted by atomic mass is 9.83. The van der Waals surface area contributed by atoms with Crippen LogP contribution in [0.15, 0.2) is 21.6 Å². The Kier molecular flexibility index (Phi) is 5.84. The van der Waals surface area contributed by atoms with Crippen LogP contribution < -0.4 is 10.0 Å². The number of hydrogen-bond donors (Lipinski definition) is 2. The van der Waals surface area contributed by atoms with Crippen LogP contribution in [0.2, 0.25) is 0 Å². The van der Waals surface area contributed by atoms with Gasteiger partial charge in [0.25, 0.3) is 10.0 Å². The van der Waals surface area contributed by atoms with Gasteiger partial charge < -0.3 is 9.73 Å². The first-order valence-electron chi connectivity index (χ1n) is 7.76. The number of sulfonamides is 1. The van der Waals surface area contributed by atoms with Gasteiger partial charge >= 0.3 is 0 Å². The molecular formula is C15H26N2O3S. The minimum Gasteiger partial charge on any atom is -0.447 e. The van der Waals surface area contributed by atoms with Gasteiger partial charge in [0, 0.05) is 6.54 Å². The molecule has 0 spiro atoms. The lowest BCUT2D eigenvalue weighted by Gasteiger charge is -2.24. The molecule has 0 unspecified atom stereocenters. The molecule has 1 heterocycles. The van der Waals surface area contributed by atoms with Crippen LogP contribution in [-0.4, -0.2) is 21.5 Å². The van der Waals surface area contributed by atoms with Crippen molar-refractivity contribution in [3.63, 3.8) is 0 Å². The third kappa shape index (κ3) is 5.13. The molecule has 0 amide bonds. The monoisotopic (exact) mass is 314 g/mol. The summed E-state index contributed by atoms with van der Waals surface area (Å²) in [5, 5.41) is 3.24.